The second-order valence-electron chi connectivity index (χ2n) is 4.54. The fraction of sp³-hybridized carbons (Fsp3) is 0.125. The Hall–Kier alpha value is -2.80. The summed E-state index contributed by atoms with van der Waals surface area (Å²) in [5.41, 5.74) is 2.05. The highest BCUT2D eigenvalue weighted by molar-refractivity contribution is 7.07. The molecule has 0 saturated carbocycles. The van der Waals surface area contributed by atoms with Crippen LogP contribution in [0.25, 0.3) is 0 Å². The van der Waals surface area contributed by atoms with E-state index in [2.05, 4.69) is 19.5 Å². The zero-order valence-corrected chi connectivity index (χ0v) is 13.4. The van der Waals surface area contributed by atoms with E-state index in [0.717, 1.165) is 5.56 Å². The van der Waals surface area contributed by atoms with Crippen LogP contribution in [0.5, 0.6) is 10.9 Å². The number of nitrogens with zero attached hydrogens (tertiary/aromatic N) is 4. The van der Waals surface area contributed by atoms with Gasteiger partial charge in [0.1, 0.15) is 24.4 Å². The molecular formula is C16H14N4O2S. The van der Waals surface area contributed by atoms with E-state index in [-0.39, 0.29) is 0 Å². The molecule has 0 aliphatic rings. The van der Waals surface area contributed by atoms with Crippen molar-refractivity contribution in [1.82, 2.24) is 14.3 Å². The molecule has 0 aliphatic heterocycles. The lowest BCUT2D eigenvalue weighted by atomic mass is 10.1. The number of hydrogen-bond acceptors (Lipinski definition) is 7. The molecule has 7 heteroatoms. The van der Waals surface area contributed by atoms with Gasteiger partial charge in [0.25, 0.3) is 5.19 Å². The average Bonchev–Trinajstić information content (AvgIpc) is 2.99. The van der Waals surface area contributed by atoms with Crippen molar-refractivity contribution in [1.29, 1.82) is 0 Å². The lowest BCUT2D eigenvalue weighted by Crippen LogP contribution is -2.08. The normalized spacial score (nSPS) is 11.3. The maximum atomic E-state index is 5.86. The Kier molecular flexibility index (Phi) is 4.58. The van der Waals surface area contributed by atoms with Crippen LogP contribution in [0.1, 0.15) is 17.1 Å². The molecule has 0 bridgehead atoms. The molecule has 0 radical (unpaired) electrons. The van der Waals surface area contributed by atoms with Crippen molar-refractivity contribution in [2.75, 3.05) is 7.11 Å². The Morgan fingerprint density at radius 3 is 2.65 bits per heavy atom. The molecule has 3 rings (SSSR count). The smallest absolute Gasteiger partial charge is 0.298 e. The van der Waals surface area contributed by atoms with Crippen LogP contribution in [0, 0.1) is 6.92 Å². The molecule has 23 heavy (non-hydrogen) atoms. The monoisotopic (exact) mass is 326 g/mol. The van der Waals surface area contributed by atoms with Crippen LogP contribution in [0.2, 0.25) is 0 Å². The minimum absolute atomic E-state index is 0.479. The maximum absolute atomic E-state index is 5.86. The van der Waals surface area contributed by atoms with Gasteiger partial charge >= 0.3 is 0 Å². The number of aromatic nitrogens is 3. The van der Waals surface area contributed by atoms with Crippen molar-refractivity contribution in [2.45, 2.75) is 6.92 Å². The SMILES string of the molecule is CO/N=C(/c1ccccn1)c1ccccc1Oc1nc(C)ns1. The number of pyridine rings is 1. The summed E-state index contributed by atoms with van der Waals surface area (Å²) >= 11 is 1.20. The minimum atomic E-state index is 0.479. The van der Waals surface area contributed by atoms with Crippen molar-refractivity contribution in [3.05, 3.63) is 65.7 Å². The number of aryl methyl sites for hydroxylation is 1. The number of ether oxygens (including phenoxy) is 1. The fourth-order valence-corrected chi connectivity index (χ4v) is 2.54. The maximum Gasteiger partial charge on any atom is 0.298 e. The molecule has 3 aromatic rings. The fourth-order valence-electron chi connectivity index (χ4n) is 1.99. The molecule has 116 valence electrons. The van der Waals surface area contributed by atoms with Crippen LogP contribution in [-0.4, -0.2) is 27.2 Å². The highest BCUT2D eigenvalue weighted by atomic mass is 32.1. The summed E-state index contributed by atoms with van der Waals surface area (Å²) in [4.78, 5) is 13.5. The van der Waals surface area contributed by atoms with Gasteiger partial charge in [-0.25, -0.2) is 0 Å². The molecule has 0 amide bonds. The van der Waals surface area contributed by atoms with Gasteiger partial charge in [-0.2, -0.15) is 9.36 Å². The van der Waals surface area contributed by atoms with Crippen molar-refractivity contribution >= 4 is 17.2 Å². The van der Waals surface area contributed by atoms with E-state index < -0.39 is 0 Å². The molecule has 0 saturated heterocycles. The van der Waals surface area contributed by atoms with Crippen LogP contribution in [0.4, 0.5) is 0 Å². The molecule has 0 aliphatic carbocycles. The topological polar surface area (TPSA) is 69.5 Å². The standard InChI is InChI=1S/C16H14N4O2S/c1-11-18-16(23-20-11)22-14-9-4-3-7-12(14)15(19-21-2)13-8-5-6-10-17-13/h3-10H,1-2H3/b19-15+. The Balaban J connectivity index is 2.02. The molecule has 0 unspecified atom stereocenters. The number of rotatable bonds is 5. The predicted molar refractivity (Wildman–Crippen MR) is 88.0 cm³/mol. The molecule has 0 fully saturated rings. The Morgan fingerprint density at radius 2 is 1.96 bits per heavy atom. The average molecular weight is 326 g/mol. The van der Waals surface area contributed by atoms with Gasteiger partial charge < -0.3 is 9.57 Å². The summed E-state index contributed by atoms with van der Waals surface area (Å²) in [6, 6.07) is 13.1. The van der Waals surface area contributed by atoms with E-state index in [1.807, 2.05) is 49.4 Å². The van der Waals surface area contributed by atoms with Gasteiger partial charge in [-0.15, -0.1) is 0 Å². The zero-order chi connectivity index (χ0) is 16.1. The third kappa shape index (κ3) is 3.51. The van der Waals surface area contributed by atoms with Crippen molar-refractivity contribution in [3.8, 4) is 10.9 Å². The number of oxime groups is 1. The molecule has 0 spiro atoms. The first-order valence-corrected chi connectivity index (χ1v) is 7.65. The number of hydrogen-bond donors (Lipinski definition) is 0. The lowest BCUT2D eigenvalue weighted by Gasteiger charge is -2.10. The molecule has 0 atom stereocenters. The van der Waals surface area contributed by atoms with Gasteiger partial charge in [-0.05, 0) is 31.2 Å². The molecule has 2 heterocycles. The summed E-state index contributed by atoms with van der Waals surface area (Å²) in [6.07, 6.45) is 1.71. The second-order valence-corrected chi connectivity index (χ2v) is 5.26. The van der Waals surface area contributed by atoms with Crippen molar-refractivity contribution in [2.24, 2.45) is 5.16 Å². The van der Waals surface area contributed by atoms with Crippen molar-refractivity contribution in [3.63, 3.8) is 0 Å². The second kappa shape index (κ2) is 6.97. The molecule has 6 nitrogen and oxygen atoms in total. The van der Waals surface area contributed by atoms with Gasteiger partial charge in [-0.3, -0.25) is 4.98 Å². The highest BCUT2D eigenvalue weighted by Gasteiger charge is 2.16. The Bertz CT molecular complexity index is 818. The van der Waals surface area contributed by atoms with E-state index in [1.54, 1.807) is 6.20 Å². The Labute approximate surface area is 137 Å². The molecular weight excluding hydrogens is 312 g/mol. The number of benzene rings is 1. The molecule has 1 aromatic carbocycles. The van der Waals surface area contributed by atoms with E-state index in [9.17, 15) is 0 Å². The van der Waals surface area contributed by atoms with E-state index in [1.165, 1.54) is 18.6 Å². The van der Waals surface area contributed by atoms with Gasteiger partial charge in [-0.1, -0.05) is 23.4 Å². The number of para-hydroxylation sites is 1. The third-order valence-corrected chi connectivity index (χ3v) is 3.62. The van der Waals surface area contributed by atoms with Gasteiger partial charge in [0.05, 0.1) is 5.69 Å². The summed E-state index contributed by atoms with van der Waals surface area (Å²) in [5, 5.41) is 4.59. The van der Waals surface area contributed by atoms with Gasteiger partial charge in [0, 0.05) is 23.3 Å². The molecule has 0 N–H and O–H groups in total. The Morgan fingerprint density at radius 1 is 1.13 bits per heavy atom. The quantitative estimate of drug-likeness (QED) is 0.531. The highest BCUT2D eigenvalue weighted by Crippen LogP contribution is 2.28. The van der Waals surface area contributed by atoms with E-state index >= 15 is 0 Å². The largest absolute Gasteiger partial charge is 0.429 e. The summed E-state index contributed by atoms with van der Waals surface area (Å²) < 4.78 is 9.98. The summed E-state index contributed by atoms with van der Waals surface area (Å²) in [7, 11) is 1.50. The lowest BCUT2D eigenvalue weighted by molar-refractivity contribution is 0.213. The first-order chi connectivity index (χ1) is 11.3. The van der Waals surface area contributed by atoms with Crippen LogP contribution >= 0.6 is 11.5 Å². The van der Waals surface area contributed by atoms with E-state index in [4.69, 9.17) is 9.57 Å². The first-order valence-electron chi connectivity index (χ1n) is 6.88. The predicted octanol–water partition coefficient (Wildman–Crippen LogP) is 3.43. The third-order valence-electron chi connectivity index (χ3n) is 2.94. The van der Waals surface area contributed by atoms with Gasteiger partial charge in [0.2, 0.25) is 0 Å². The van der Waals surface area contributed by atoms with Crippen LogP contribution in [0.3, 0.4) is 0 Å². The summed E-state index contributed by atoms with van der Waals surface area (Å²) in [6.45, 7) is 1.82. The zero-order valence-electron chi connectivity index (χ0n) is 12.6. The van der Waals surface area contributed by atoms with Crippen LogP contribution in [-0.2, 0) is 4.84 Å². The van der Waals surface area contributed by atoms with E-state index in [0.29, 0.717) is 28.2 Å². The van der Waals surface area contributed by atoms with Crippen molar-refractivity contribution < 1.29 is 9.57 Å². The summed E-state index contributed by atoms with van der Waals surface area (Å²) in [5.74, 6) is 1.29. The van der Waals surface area contributed by atoms with Crippen LogP contribution in [0.15, 0.2) is 53.8 Å². The van der Waals surface area contributed by atoms with Crippen LogP contribution < -0.4 is 4.74 Å². The van der Waals surface area contributed by atoms with Gasteiger partial charge in [0.15, 0.2) is 0 Å². The first kappa shape index (κ1) is 15.1. The molecule has 2 aromatic heterocycles. The minimum Gasteiger partial charge on any atom is -0.429 e.